The van der Waals surface area contributed by atoms with Crippen LogP contribution in [0.25, 0.3) is 0 Å². The fourth-order valence-electron chi connectivity index (χ4n) is 2.82. The second kappa shape index (κ2) is 6.97. The molecule has 0 radical (unpaired) electrons. The molecule has 1 heterocycles. The van der Waals surface area contributed by atoms with Crippen molar-refractivity contribution in [2.75, 3.05) is 0 Å². The SMILES string of the molecule is CC1=CC(O/C=C(C)\C=C\C2=C(C)CC(O)CC2C)OC1=O. The highest BCUT2D eigenvalue weighted by atomic mass is 16.7. The number of hydrogen-bond acceptors (Lipinski definition) is 4. The molecular weight excluding hydrogens is 280 g/mol. The molecule has 22 heavy (non-hydrogen) atoms. The number of allylic oxidation sites excluding steroid dienone is 4. The zero-order valence-corrected chi connectivity index (χ0v) is 13.6. The molecule has 3 atom stereocenters. The minimum absolute atomic E-state index is 0.223. The summed E-state index contributed by atoms with van der Waals surface area (Å²) in [5.74, 6) is 0.0250. The zero-order valence-electron chi connectivity index (χ0n) is 13.6. The monoisotopic (exact) mass is 304 g/mol. The molecule has 0 aromatic carbocycles. The van der Waals surface area contributed by atoms with Gasteiger partial charge < -0.3 is 14.6 Å². The Morgan fingerprint density at radius 2 is 2.18 bits per heavy atom. The molecule has 1 aliphatic carbocycles. The van der Waals surface area contributed by atoms with E-state index in [2.05, 4.69) is 19.9 Å². The van der Waals surface area contributed by atoms with Gasteiger partial charge in [0.1, 0.15) is 0 Å². The average Bonchev–Trinajstić information content (AvgIpc) is 2.74. The van der Waals surface area contributed by atoms with Gasteiger partial charge in [-0.1, -0.05) is 24.6 Å². The summed E-state index contributed by atoms with van der Waals surface area (Å²) in [6.07, 6.45) is 8.03. The third-order valence-electron chi connectivity index (χ3n) is 4.04. The number of esters is 1. The van der Waals surface area contributed by atoms with Crippen molar-refractivity contribution in [3.8, 4) is 0 Å². The number of rotatable bonds is 4. The maximum absolute atomic E-state index is 11.2. The lowest BCUT2D eigenvalue weighted by atomic mass is 9.82. The molecule has 0 bridgehead atoms. The van der Waals surface area contributed by atoms with Crippen molar-refractivity contribution in [2.24, 2.45) is 5.92 Å². The van der Waals surface area contributed by atoms with E-state index in [0.29, 0.717) is 11.5 Å². The zero-order chi connectivity index (χ0) is 16.3. The molecule has 0 aromatic heterocycles. The maximum Gasteiger partial charge on any atom is 0.336 e. The van der Waals surface area contributed by atoms with E-state index >= 15 is 0 Å². The number of hydrogen-bond donors (Lipinski definition) is 1. The molecular formula is C18H24O4. The Morgan fingerprint density at radius 3 is 2.77 bits per heavy atom. The number of carbonyl (C=O) groups excluding carboxylic acids is 1. The van der Waals surface area contributed by atoms with Crippen LogP contribution < -0.4 is 0 Å². The van der Waals surface area contributed by atoms with Crippen LogP contribution >= 0.6 is 0 Å². The fourth-order valence-corrected chi connectivity index (χ4v) is 2.82. The Kier molecular flexibility index (Phi) is 5.24. The topological polar surface area (TPSA) is 55.8 Å². The summed E-state index contributed by atoms with van der Waals surface area (Å²) in [5, 5.41) is 9.76. The summed E-state index contributed by atoms with van der Waals surface area (Å²) in [6.45, 7) is 7.84. The van der Waals surface area contributed by atoms with Crippen molar-refractivity contribution < 1.29 is 19.4 Å². The van der Waals surface area contributed by atoms with E-state index in [9.17, 15) is 9.90 Å². The van der Waals surface area contributed by atoms with Crippen LogP contribution in [-0.4, -0.2) is 23.5 Å². The van der Waals surface area contributed by atoms with Crippen LogP contribution in [0.2, 0.25) is 0 Å². The van der Waals surface area contributed by atoms with E-state index < -0.39 is 6.29 Å². The minimum Gasteiger partial charge on any atom is -0.458 e. The van der Waals surface area contributed by atoms with E-state index in [-0.39, 0.29) is 12.1 Å². The summed E-state index contributed by atoms with van der Waals surface area (Å²) >= 11 is 0. The third kappa shape index (κ3) is 4.10. The smallest absolute Gasteiger partial charge is 0.336 e. The van der Waals surface area contributed by atoms with Crippen molar-refractivity contribution in [1.82, 2.24) is 0 Å². The van der Waals surface area contributed by atoms with Gasteiger partial charge >= 0.3 is 5.97 Å². The first kappa shape index (κ1) is 16.6. The van der Waals surface area contributed by atoms with Gasteiger partial charge in [0.15, 0.2) is 0 Å². The first-order chi connectivity index (χ1) is 10.4. The van der Waals surface area contributed by atoms with Crippen LogP contribution in [0.4, 0.5) is 0 Å². The summed E-state index contributed by atoms with van der Waals surface area (Å²) in [6, 6.07) is 0. The summed E-state index contributed by atoms with van der Waals surface area (Å²) in [7, 11) is 0. The quantitative estimate of drug-likeness (QED) is 0.491. The Bertz CT molecular complexity index is 566. The number of aliphatic hydroxyl groups is 1. The molecule has 2 rings (SSSR count). The van der Waals surface area contributed by atoms with Crippen molar-refractivity contribution in [3.63, 3.8) is 0 Å². The van der Waals surface area contributed by atoms with Crippen LogP contribution in [0.1, 0.15) is 40.5 Å². The highest BCUT2D eigenvalue weighted by molar-refractivity contribution is 5.89. The lowest BCUT2D eigenvalue weighted by Crippen LogP contribution is -2.19. The Hall–Kier alpha value is -1.81. The second-order valence-electron chi connectivity index (χ2n) is 6.19. The normalized spacial score (nSPS) is 29.9. The number of ether oxygens (including phenoxy) is 2. The Labute approximate surface area is 131 Å². The summed E-state index contributed by atoms with van der Waals surface area (Å²) in [5.41, 5.74) is 4.02. The molecule has 0 aromatic rings. The van der Waals surface area contributed by atoms with Crippen molar-refractivity contribution in [1.29, 1.82) is 0 Å². The third-order valence-corrected chi connectivity index (χ3v) is 4.04. The summed E-state index contributed by atoms with van der Waals surface area (Å²) in [4.78, 5) is 11.2. The van der Waals surface area contributed by atoms with Crippen LogP contribution in [0.5, 0.6) is 0 Å². The highest BCUT2D eigenvalue weighted by Gasteiger charge is 2.22. The molecule has 2 aliphatic rings. The standard InChI is InChI=1S/C18H24O4/c1-11(10-21-17-9-14(4)18(20)22-17)5-6-16-12(2)7-15(19)8-13(16)3/h5-6,9-10,12,15,17,19H,7-8H2,1-4H3/b6-5+,11-10-. The molecule has 1 aliphatic heterocycles. The van der Waals surface area contributed by atoms with E-state index in [0.717, 1.165) is 18.4 Å². The number of carbonyl (C=O) groups is 1. The van der Waals surface area contributed by atoms with Gasteiger partial charge in [0.05, 0.1) is 12.4 Å². The van der Waals surface area contributed by atoms with E-state index in [1.807, 2.05) is 13.0 Å². The van der Waals surface area contributed by atoms with Crippen LogP contribution in [0, 0.1) is 5.92 Å². The van der Waals surface area contributed by atoms with Gasteiger partial charge in [0.25, 0.3) is 6.29 Å². The number of cyclic esters (lactones) is 1. The predicted octanol–water partition coefficient (Wildman–Crippen LogP) is 3.40. The van der Waals surface area contributed by atoms with Gasteiger partial charge in [-0.15, -0.1) is 0 Å². The number of aliphatic hydroxyl groups excluding tert-OH is 1. The van der Waals surface area contributed by atoms with Gasteiger partial charge in [-0.05, 0) is 50.7 Å². The van der Waals surface area contributed by atoms with E-state index in [4.69, 9.17) is 9.47 Å². The lowest BCUT2D eigenvalue weighted by molar-refractivity contribution is -0.152. The van der Waals surface area contributed by atoms with Gasteiger partial charge in [0, 0.05) is 11.6 Å². The van der Waals surface area contributed by atoms with Crippen molar-refractivity contribution >= 4 is 5.97 Å². The molecule has 4 nitrogen and oxygen atoms in total. The van der Waals surface area contributed by atoms with E-state index in [1.165, 1.54) is 11.1 Å². The first-order valence-corrected chi connectivity index (χ1v) is 7.64. The first-order valence-electron chi connectivity index (χ1n) is 7.64. The molecule has 120 valence electrons. The van der Waals surface area contributed by atoms with Crippen LogP contribution in [0.3, 0.4) is 0 Å². The van der Waals surface area contributed by atoms with Gasteiger partial charge in [-0.3, -0.25) is 0 Å². The average molecular weight is 304 g/mol. The maximum atomic E-state index is 11.2. The molecule has 0 saturated carbocycles. The molecule has 1 N–H and O–H groups in total. The molecule has 0 amide bonds. The summed E-state index contributed by atoms with van der Waals surface area (Å²) < 4.78 is 10.4. The fraction of sp³-hybridized carbons (Fsp3) is 0.500. The van der Waals surface area contributed by atoms with Crippen LogP contribution in [0.15, 0.2) is 46.8 Å². The van der Waals surface area contributed by atoms with Gasteiger partial charge in [-0.2, -0.15) is 0 Å². The lowest BCUT2D eigenvalue weighted by Gasteiger charge is -2.26. The molecule has 0 fully saturated rings. The Morgan fingerprint density at radius 1 is 1.45 bits per heavy atom. The molecule has 0 spiro atoms. The molecule has 3 unspecified atom stereocenters. The van der Waals surface area contributed by atoms with Crippen molar-refractivity contribution in [3.05, 3.63) is 46.8 Å². The highest BCUT2D eigenvalue weighted by Crippen LogP contribution is 2.31. The molecule has 4 heteroatoms. The predicted molar refractivity (Wildman–Crippen MR) is 84.7 cm³/mol. The second-order valence-corrected chi connectivity index (χ2v) is 6.19. The minimum atomic E-state index is -0.624. The molecule has 0 saturated heterocycles. The van der Waals surface area contributed by atoms with E-state index in [1.54, 1.807) is 19.3 Å². The van der Waals surface area contributed by atoms with Crippen molar-refractivity contribution in [2.45, 2.75) is 52.9 Å². The Balaban J connectivity index is 1.96. The van der Waals surface area contributed by atoms with Gasteiger partial charge in [0.2, 0.25) is 0 Å². The van der Waals surface area contributed by atoms with Crippen LogP contribution in [-0.2, 0) is 14.3 Å². The largest absolute Gasteiger partial charge is 0.458 e. The van der Waals surface area contributed by atoms with Gasteiger partial charge in [-0.25, -0.2) is 4.79 Å².